The zero-order valence-electron chi connectivity index (χ0n) is 7.11. The molecule has 0 rings (SSSR count). The molecule has 0 spiro atoms. The molecule has 5 nitrogen and oxygen atoms in total. The first kappa shape index (κ1) is 11.4. The van der Waals surface area contributed by atoms with Crippen LogP contribution in [0.4, 0.5) is 0 Å². The van der Waals surface area contributed by atoms with Gasteiger partial charge in [0, 0.05) is 5.57 Å². The summed E-state index contributed by atoms with van der Waals surface area (Å²) in [6.07, 6.45) is 0.694. The summed E-state index contributed by atoms with van der Waals surface area (Å²) in [6, 6.07) is 0. The molecule has 0 aromatic heterocycles. The maximum absolute atomic E-state index is 10.7. The number of hydrogen-bond donors (Lipinski definition) is 2. The summed E-state index contributed by atoms with van der Waals surface area (Å²) in [5.74, 6) is -2.07. The van der Waals surface area contributed by atoms with E-state index < -0.39 is 24.1 Å². The SMILES string of the molecule is C=C(C)C(=O)O/C=C(\CO)C(=O)O. The second-order valence-corrected chi connectivity index (χ2v) is 2.29. The molecule has 5 heteroatoms. The zero-order valence-corrected chi connectivity index (χ0v) is 7.11. The molecule has 0 radical (unpaired) electrons. The Morgan fingerprint density at radius 2 is 2.08 bits per heavy atom. The minimum absolute atomic E-state index is 0.152. The third-order valence-corrected chi connectivity index (χ3v) is 1.10. The lowest BCUT2D eigenvalue weighted by Crippen LogP contribution is -2.08. The second kappa shape index (κ2) is 5.10. The van der Waals surface area contributed by atoms with Crippen molar-refractivity contribution < 1.29 is 24.5 Å². The number of aliphatic carboxylic acids is 1. The summed E-state index contributed by atoms with van der Waals surface area (Å²) in [4.78, 5) is 21.0. The molecule has 0 saturated heterocycles. The fourth-order valence-corrected chi connectivity index (χ4v) is 0.381. The fraction of sp³-hybridized carbons (Fsp3) is 0.250. The second-order valence-electron chi connectivity index (χ2n) is 2.29. The lowest BCUT2D eigenvalue weighted by atomic mass is 10.3. The number of carboxylic acid groups (broad SMARTS) is 1. The van der Waals surface area contributed by atoms with Gasteiger partial charge < -0.3 is 14.9 Å². The highest BCUT2D eigenvalue weighted by molar-refractivity contribution is 5.89. The first-order valence-corrected chi connectivity index (χ1v) is 3.38. The molecule has 2 N–H and O–H groups in total. The van der Waals surface area contributed by atoms with Gasteiger partial charge in [-0.2, -0.15) is 0 Å². The molecule has 0 aromatic rings. The Bertz CT molecular complexity index is 264. The van der Waals surface area contributed by atoms with Gasteiger partial charge in [-0.25, -0.2) is 9.59 Å². The van der Waals surface area contributed by atoms with E-state index in [1.165, 1.54) is 6.92 Å². The predicted octanol–water partition coefficient (Wildman–Crippen LogP) is 0.0665. The van der Waals surface area contributed by atoms with Gasteiger partial charge in [-0.1, -0.05) is 6.58 Å². The van der Waals surface area contributed by atoms with Gasteiger partial charge in [0.15, 0.2) is 0 Å². The number of ether oxygens (including phenoxy) is 1. The molecule has 72 valence electrons. The molecular formula is C8H10O5. The van der Waals surface area contributed by atoms with Crippen LogP contribution >= 0.6 is 0 Å². The van der Waals surface area contributed by atoms with Crippen molar-refractivity contribution in [3.63, 3.8) is 0 Å². The van der Waals surface area contributed by atoms with Gasteiger partial charge in [-0.3, -0.25) is 0 Å². The van der Waals surface area contributed by atoms with Crippen molar-refractivity contribution in [3.05, 3.63) is 24.0 Å². The number of carbonyl (C=O) groups excluding carboxylic acids is 1. The average molecular weight is 186 g/mol. The smallest absolute Gasteiger partial charge is 0.337 e. The Balaban J connectivity index is 4.31. The van der Waals surface area contributed by atoms with E-state index in [9.17, 15) is 9.59 Å². The van der Waals surface area contributed by atoms with E-state index in [1.54, 1.807) is 0 Å². The molecule has 0 amide bonds. The quantitative estimate of drug-likeness (QED) is 0.368. The van der Waals surface area contributed by atoms with Crippen molar-refractivity contribution in [3.8, 4) is 0 Å². The normalized spacial score (nSPS) is 10.8. The van der Waals surface area contributed by atoms with E-state index >= 15 is 0 Å². The van der Waals surface area contributed by atoms with E-state index in [1.807, 2.05) is 0 Å². The Labute approximate surface area is 74.9 Å². The van der Waals surface area contributed by atoms with Crippen LogP contribution < -0.4 is 0 Å². The number of esters is 1. The van der Waals surface area contributed by atoms with Crippen molar-refractivity contribution in [2.24, 2.45) is 0 Å². The van der Waals surface area contributed by atoms with E-state index in [0.29, 0.717) is 6.26 Å². The lowest BCUT2D eigenvalue weighted by molar-refractivity contribution is -0.134. The molecule has 0 bridgehead atoms. The van der Waals surface area contributed by atoms with Crippen LogP contribution in [0, 0.1) is 0 Å². The molecule has 0 aliphatic rings. The molecule has 0 fully saturated rings. The first-order chi connectivity index (χ1) is 5.99. The number of aliphatic hydroxyl groups excluding tert-OH is 1. The van der Waals surface area contributed by atoms with Crippen LogP contribution in [0.25, 0.3) is 0 Å². The highest BCUT2D eigenvalue weighted by Crippen LogP contribution is 1.97. The lowest BCUT2D eigenvalue weighted by Gasteiger charge is -1.99. The Morgan fingerprint density at radius 3 is 2.38 bits per heavy atom. The average Bonchev–Trinajstić information content (AvgIpc) is 2.04. The van der Waals surface area contributed by atoms with Crippen LogP contribution in [0.15, 0.2) is 24.0 Å². The molecule has 13 heavy (non-hydrogen) atoms. The zero-order chi connectivity index (χ0) is 10.4. The highest BCUT2D eigenvalue weighted by atomic mass is 16.5. The van der Waals surface area contributed by atoms with E-state index in [0.717, 1.165) is 0 Å². The maximum atomic E-state index is 10.7. The van der Waals surface area contributed by atoms with E-state index in [4.69, 9.17) is 10.2 Å². The highest BCUT2D eigenvalue weighted by Gasteiger charge is 2.07. The minimum atomic E-state index is -1.34. The molecule has 0 unspecified atom stereocenters. The van der Waals surface area contributed by atoms with Crippen LogP contribution in [0.5, 0.6) is 0 Å². The summed E-state index contributed by atoms with van der Waals surface area (Å²) in [7, 11) is 0. The van der Waals surface area contributed by atoms with Gasteiger partial charge in [-0.05, 0) is 6.92 Å². The molecule has 0 aliphatic heterocycles. The van der Waals surface area contributed by atoms with Crippen molar-refractivity contribution in [1.82, 2.24) is 0 Å². The van der Waals surface area contributed by atoms with Crippen molar-refractivity contribution in [2.75, 3.05) is 6.61 Å². The molecule has 0 aliphatic carbocycles. The Kier molecular flexibility index (Phi) is 4.47. The Hall–Kier alpha value is -1.62. The van der Waals surface area contributed by atoms with Crippen LogP contribution in [0.3, 0.4) is 0 Å². The van der Waals surface area contributed by atoms with Gasteiger partial charge in [0.25, 0.3) is 0 Å². The Morgan fingerprint density at radius 1 is 1.54 bits per heavy atom. The first-order valence-electron chi connectivity index (χ1n) is 3.38. The summed E-state index contributed by atoms with van der Waals surface area (Å²) < 4.78 is 4.38. The number of rotatable bonds is 4. The molecule has 0 aromatic carbocycles. The maximum Gasteiger partial charge on any atom is 0.337 e. The van der Waals surface area contributed by atoms with Gasteiger partial charge >= 0.3 is 11.9 Å². The number of hydrogen-bond acceptors (Lipinski definition) is 4. The van der Waals surface area contributed by atoms with Crippen LogP contribution in [0.2, 0.25) is 0 Å². The largest absolute Gasteiger partial charge is 0.478 e. The third-order valence-electron chi connectivity index (χ3n) is 1.10. The number of aliphatic hydroxyl groups is 1. The van der Waals surface area contributed by atoms with Crippen LogP contribution in [0.1, 0.15) is 6.92 Å². The predicted molar refractivity (Wildman–Crippen MR) is 43.7 cm³/mol. The molecular weight excluding hydrogens is 176 g/mol. The monoisotopic (exact) mass is 186 g/mol. The molecule has 0 saturated carbocycles. The van der Waals surface area contributed by atoms with E-state index in [-0.39, 0.29) is 5.57 Å². The summed E-state index contributed by atoms with van der Waals surface area (Å²) in [6.45, 7) is 4.02. The van der Waals surface area contributed by atoms with Crippen LogP contribution in [-0.2, 0) is 14.3 Å². The molecule has 0 atom stereocenters. The molecule has 0 heterocycles. The minimum Gasteiger partial charge on any atom is -0.478 e. The van der Waals surface area contributed by atoms with Crippen LogP contribution in [-0.4, -0.2) is 28.8 Å². The number of carbonyl (C=O) groups is 2. The van der Waals surface area contributed by atoms with Crippen molar-refractivity contribution >= 4 is 11.9 Å². The van der Waals surface area contributed by atoms with E-state index in [2.05, 4.69) is 11.3 Å². The van der Waals surface area contributed by atoms with Gasteiger partial charge in [0.2, 0.25) is 0 Å². The third kappa shape index (κ3) is 4.07. The summed E-state index contributed by atoms with van der Waals surface area (Å²) >= 11 is 0. The summed E-state index contributed by atoms with van der Waals surface area (Å²) in [5, 5.41) is 16.9. The van der Waals surface area contributed by atoms with Gasteiger partial charge in [0.05, 0.1) is 12.2 Å². The van der Waals surface area contributed by atoms with Gasteiger partial charge in [-0.15, -0.1) is 0 Å². The van der Waals surface area contributed by atoms with Crippen molar-refractivity contribution in [1.29, 1.82) is 0 Å². The van der Waals surface area contributed by atoms with Crippen molar-refractivity contribution in [2.45, 2.75) is 6.92 Å². The standard InChI is InChI=1S/C8H10O5/c1-5(2)8(12)13-4-6(3-9)7(10)11/h4,9H,1,3H2,2H3,(H,10,11)/b6-4+. The number of carboxylic acids is 1. The topological polar surface area (TPSA) is 83.8 Å². The summed E-state index contributed by atoms with van der Waals surface area (Å²) in [5.41, 5.74) is -0.242. The van der Waals surface area contributed by atoms with Gasteiger partial charge in [0.1, 0.15) is 6.26 Å². The fourth-order valence-electron chi connectivity index (χ4n) is 0.381.